The summed E-state index contributed by atoms with van der Waals surface area (Å²) < 4.78 is 37.2. The number of carbonyl (C=O) groups excluding carboxylic acids is 2. The molecule has 2 aromatic rings. The second-order valence-electron chi connectivity index (χ2n) is 7.55. The van der Waals surface area contributed by atoms with Crippen molar-refractivity contribution >= 4 is 40.1 Å². The van der Waals surface area contributed by atoms with E-state index >= 15 is 0 Å². The highest BCUT2D eigenvalue weighted by molar-refractivity contribution is 7.11. The SMILES string of the molecule is CN1CCN(CCCNC(=O)Nc2snc(OCc3c(F)ccc(Cl)c3F)c2C(N)=O)CC1. The average Bonchev–Trinajstić information content (AvgIpc) is 3.17. The third kappa shape index (κ3) is 6.73. The molecule has 1 fully saturated rings. The Labute approximate surface area is 199 Å². The lowest BCUT2D eigenvalue weighted by Crippen LogP contribution is -2.45. The minimum atomic E-state index is -0.971. The third-order valence-corrected chi connectivity index (χ3v) is 6.20. The Morgan fingerprint density at radius 1 is 1.27 bits per heavy atom. The average molecular weight is 503 g/mol. The molecule has 1 aliphatic rings. The molecule has 0 radical (unpaired) electrons. The zero-order valence-corrected chi connectivity index (χ0v) is 19.6. The zero-order valence-electron chi connectivity index (χ0n) is 18.0. The van der Waals surface area contributed by atoms with Gasteiger partial charge in [-0.25, -0.2) is 13.6 Å². The van der Waals surface area contributed by atoms with Crippen LogP contribution in [0.25, 0.3) is 0 Å². The van der Waals surface area contributed by atoms with E-state index in [1.165, 1.54) is 0 Å². The summed E-state index contributed by atoms with van der Waals surface area (Å²) in [4.78, 5) is 28.7. The molecular weight excluding hydrogens is 478 g/mol. The molecule has 1 aliphatic heterocycles. The van der Waals surface area contributed by atoms with E-state index in [4.69, 9.17) is 22.1 Å². The Hall–Kier alpha value is -2.54. The van der Waals surface area contributed by atoms with E-state index in [0.717, 1.165) is 62.8 Å². The van der Waals surface area contributed by atoms with Gasteiger partial charge < -0.3 is 25.6 Å². The van der Waals surface area contributed by atoms with Crippen LogP contribution >= 0.6 is 23.1 Å². The first-order valence-corrected chi connectivity index (χ1v) is 11.4. The van der Waals surface area contributed by atoms with Gasteiger partial charge in [0.15, 0.2) is 5.82 Å². The van der Waals surface area contributed by atoms with Crippen LogP contribution in [0, 0.1) is 11.6 Å². The van der Waals surface area contributed by atoms with Gasteiger partial charge in [0.2, 0.25) is 5.88 Å². The first kappa shape index (κ1) is 25.1. The predicted octanol–water partition coefficient (Wildman–Crippen LogP) is 2.51. The van der Waals surface area contributed by atoms with Crippen molar-refractivity contribution in [3.8, 4) is 5.88 Å². The number of nitrogens with one attached hydrogen (secondary N) is 2. The van der Waals surface area contributed by atoms with Crippen LogP contribution in [0.1, 0.15) is 22.3 Å². The van der Waals surface area contributed by atoms with Gasteiger partial charge in [-0.15, -0.1) is 0 Å². The number of aromatic nitrogens is 1. The number of rotatable bonds is 9. The van der Waals surface area contributed by atoms with Crippen molar-refractivity contribution in [1.82, 2.24) is 19.5 Å². The van der Waals surface area contributed by atoms with Crippen LogP contribution in [0.5, 0.6) is 5.88 Å². The van der Waals surface area contributed by atoms with Gasteiger partial charge in [0, 0.05) is 32.7 Å². The highest BCUT2D eigenvalue weighted by atomic mass is 35.5. The number of hydrogen-bond donors (Lipinski definition) is 3. The topological polar surface area (TPSA) is 113 Å². The van der Waals surface area contributed by atoms with E-state index in [1.807, 2.05) is 0 Å². The Kier molecular flexibility index (Phi) is 8.78. The highest BCUT2D eigenvalue weighted by Gasteiger charge is 2.23. The molecule has 0 atom stereocenters. The molecule has 3 rings (SSSR count). The van der Waals surface area contributed by atoms with Crippen LogP contribution in [-0.2, 0) is 6.61 Å². The summed E-state index contributed by atoms with van der Waals surface area (Å²) in [6.07, 6.45) is 0.771. The lowest BCUT2D eigenvalue weighted by atomic mass is 10.2. The molecule has 1 aromatic heterocycles. The molecule has 1 aromatic carbocycles. The van der Waals surface area contributed by atoms with Crippen LogP contribution in [0.2, 0.25) is 5.02 Å². The smallest absolute Gasteiger partial charge is 0.319 e. The summed E-state index contributed by atoms with van der Waals surface area (Å²) in [5.74, 6) is -2.98. The fourth-order valence-corrected chi connectivity index (χ4v) is 4.15. The first-order chi connectivity index (χ1) is 15.8. The first-order valence-electron chi connectivity index (χ1n) is 10.3. The van der Waals surface area contributed by atoms with Crippen LogP contribution in [0.4, 0.5) is 18.6 Å². The molecule has 3 amide bonds. The van der Waals surface area contributed by atoms with Crippen LogP contribution in [-0.4, -0.2) is 72.4 Å². The standard InChI is InChI=1S/C20H25ClF2N6O3S/c1-28-7-9-29(10-8-28)6-2-5-25-20(31)26-19-15(17(24)30)18(27-33-19)32-11-12-14(22)4-3-13(21)16(12)23/h3-4H,2,5-11H2,1H3,(H2,24,30)(H2,25,26,31). The Balaban J connectivity index is 1.53. The number of amides is 3. The lowest BCUT2D eigenvalue weighted by Gasteiger charge is -2.32. The van der Waals surface area contributed by atoms with Crippen molar-refractivity contribution in [2.75, 3.05) is 51.6 Å². The fraction of sp³-hybridized carbons (Fsp3) is 0.450. The van der Waals surface area contributed by atoms with E-state index in [0.29, 0.717) is 6.54 Å². The van der Waals surface area contributed by atoms with Crippen LogP contribution in [0.3, 0.4) is 0 Å². The molecule has 0 bridgehead atoms. The lowest BCUT2D eigenvalue weighted by molar-refractivity contribution is 0.0996. The second-order valence-corrected chi connectivity index (χ2v) is 8.73. The van der Waals surface area contributed by atoms with Crippen molar-refractivity contribution in [3.63, 3.8) is 0 Å². The number of ether oxygens (including phenoxy) is 1. The molecule has 33 heavy (non-hydrogen) atoms. The third-order valence-electron chi connectivity index (χ3n) is 5.16. The van der Waals surface area contributed by atoms with E-state index < -0.39 is 35.7 Å². The number of primary amides is 1. The number of nitrogens with two attached hydrogens (primary N) is 1. The number of benzene rings is 1. The van der Waals surface area contributed by atoms with Gasteiger partial charge in [-0.05, 0) is 43.7 Å². The molecule has 0 spiro atoms. The van der Waals surface area contributed by atoms with Crippen molar-refractivity contribution in [3.05, 3.63) is 39.9 Å². The summed E-state index contributed by atoms with van der Waals surface area (Å²) in [5, 5.41) is 5.04. The monoisotopic (exact) mass is 502 g/mol. The number of hydrogen-bond acceptors (Lipinski definition) is 7. The van der Waals surface area contributed by atoms with Gasteiger partial charge in [0.25, 0.3) is 5.91 Å². The zero-order chi connectivity index (χ0) is 24.0. The summed E-state index contributed by atoms with van der Waals surface area (Å²) >= 11 is 6.44. The molecule has 0 unspecified atom stereocenters. The van der Waals surface area contributed by atoms with Crippen molar-refractivity contribution in [2.45, 2.75) is 13.0 Å². The maximum absolute atomic E-state index is 14.1. The van der Waals surface area contributed by atoms with E-state index in [2.05, 4.69) is 31.9 Å². The van der Waals surface area contributed by atoms with E-state index in [9.17, 15) is 18.4 Å². The second kappa shape index (κ2) is 11.5. The van der Waals surface area contributed by atoms with Gasteiger partial charge >= 0.3 is 6.03 Å². The molecule has 9 nitrogen and oxygen atoms in total. The molecular formula is C20H25ClF2N6O3S. The van der Waals surface area contributed by atoms with Crippen molar-refractivity contribution < 1.29 is 23.1 Å². The number of nitrogens with zero attached hydrogens (tertiary/aromatic N) is 3. The van der Waals surface area contributed by atoms with Crippen molar-refractivity contribution in [1.29, 1.82) is 0 Å². The number of anilines is 1. The largest absolute Gasteiger partial charge is 0.471 e. The quantitative estimate of drug-likeness (QED) is 0.359. The minimum absolute atomic E-state index is 0.0705. The fourth-order valence-electron chi connectivity index (χ4n) is 3.24. The molecule has 0 aliphatic carbocycles. The van der Waals surface area contributed by atoms with Gasteiger partial charge in [-0.2, -0.15) is 4.37 Å². The molecule has 1 saturated heterocycles. The van der Waals surface area contributed by atoms with Gasteiger partial charge in [-0.1, -0.05) is 11.6 Å². The Morgan fingerprint density at radius 3 is 2.70 bits per heavy atom. The predicted molar refractivity (Wildman–Crippen MR) is 122 cm³/mol. The molecule has 2 heterocycles. The van der Waals surface area contributed by atoms with Crippen molar-refractivity contribution in [2.24, 2.45) is 5.73 Å². The van der Waals surface area contributed by atoms with E-state index in [1.54, 1.807) is 0 Å². The van der Waals surface area contributed by atoms with Gasteiger partial charge in [-0.3, -0.25) is 10.1 Å². The summed E-state index contributed by atoms with van der Waals surface area (Å²) in [6, 6.07) is 1.55. The maximum atomic E-state index is 14.1. The van der Waals surface area contributed by atoms with Gasteiger partial charge in [0.1, 0.15) is 23.0 Å². The Morgan fingerprint density at radius 2 is 2.00 bits per heavy atom. The molecule has 0 saturated carbocycles. The maximum Gasteiger partial charge on any atom is 0.319 e. The van der Waals surface area contributed by atoms with E-state index in [-0.39, 0.29) is 21.5 Å². The highest BCUT2D eigenvalue weighted by Crippen LogP contribution is 2.31. The number of likely N-dealkylation sites (N-methyl/N-ethyl adjacent to an activating group) is 1. The number of halogens is 3. The van der Waals surface area contributed by atoms with Crippen LogP contribution in [0.15, 0.2) is 12.1 Å². The number of carbonyl (C=O) groups is 2. The molecule has 180 valence electrons. The number of piperazine rings is 1. The summed E-state index contributed by atoms with van der Waals surface area (Å²) in [6.45, 7) is 4.79. The Bertz CT molecular complexity index is 1000. The molecule has 4 N–H and O–H groups in total. The minimum Gasteiger partial charge on any atom is -0.471 e. The molecule has 13 heteroatoms. The number of urea groups is 1. The van der Waals surface area contributed by atoms with Crippen LogP contribution < -0.4 is 21.1 Å². The summed E-state index contributed by atoms with van der Waals surface area (Å²) in [5.41, 5.74) is 4.80. The normalized spacial score (nSPS) is 14.8. The van der Waals surface area contributed by atoms with Gasteiger partial charge in [0.05, 0.1) is 10.6 Å². The summed E-state index contributed by atoms with van der Waals surface area (Å²) in [7, 11) is 2.09.